The molecule has 8 heteroatoms. The summed E-state index contributed by atoms with van der Waals surface area (Å²) in [6.45, 7) is -0.776. The minimum atomic E-state index is -4.53. The summed E-state index contributed by atoms with van der Waals surface area (Å²) in [5, 5.41) is 9.89. The lowest BCUT2D eigenvalue weighted by Gasteiger charge is -2.34. The molecule has 1 aliphatic rings. The number of amides is 1. The number of carbonyl (C=O) groups excluding carboxylic acids is 1. The first-order valence-corrected chi connectivity index (χ1v) is 6.18. The van der Waals surface area contributed by atoms with Gasteiger partial charge < -0.3 is 19.5 Å². The number of para-hydroxylation sites is 1. The van der Waals surface area contributed by atoms with Crippen LogP contribution >= 0.6 is 0 Å². The molecule has 1 saturated heterocycles. The Labute approximate surface area is 118 Å². The summed E-state index contributed by atoms with van der Waals surface area (Å²) in [5.41, 5.74) is -0.0998. The molecule has 0 unspecified atom stereocenters. The van der Waals surface area contributed by atoms with Crippen molar-refractivity contribution in [1.82, 2.24) is 4.90 Å². The van der Waals surface area contributed by atoms with E-state index in [0.29, 0.717) is 0 Å². The minimum absolute atomic E-state index is 0.0298. The lowest BCUT2D eigenvalue weighted by Crippen LogP contribution is -2.51. The van der Waals surface area contributed by atoms with Crippen molar-refractivity contribution in [2.75, 3.05) is 26.8 Å². The van der Waals surface area contributed by atoms with Crippen LogP contribution in [0, 0.1) is 0 Å². The fraction of sp³-hybridized carbons (Fsp3) is 0.462. The first-order valence-electron chi connectivity index (χ1n) is 6.18. The standard InChI is InChI=1S/C13H14F3NO4/c1-20-9-4-2-3-8(11(9)18)12(19)17-5-6-21-10(7-17)13(14,15)16/h2-4,10,18H,5-7H2,1H3/t10-/m1/s1. The van der Waals surface area contributed by atoms with Crippen LogP contribution in [-0.2, 0) is 4.74 Å². The molecule has 1 fully saturated rings. The summed E-state index contributed by atoms with van der Waals surface area (Å²) in [7, 11) is 1.32. The number of rotatable bonds is 2. The van der Waals surface area contributed by atoms with Crippen molar-refractivity contribution < 1.29 is 32.5 Å². The molecule has 1 atom stereocenters. The molecule has 2 rings (SSSR count). The van der Waals surface area contributed by atoms with Gasteiger partial charge in [-0.15, -0.1) is 0 Å². The second-order valence-electron chi connectivity index (χ2n) is 4.51. The quantitative estimate of drug-likeness (QED) is 0.905. The second-order valence-corrected chi connectivity index (χ2v) is 4.51. The van der Waals surface area contributed by atoms with Crippen LogP contribution in [0.1, 0.15) is 10.4 Å². The van der Waals surface area contributed by atoms with E-state index in [0.717, 1.165) is 4.90 Å². The molecule has 0 aliphatic carbocycles. The number of phenolic OH excluding ortho intramolecular Hbond substituents is 1. The van der Waals surface area contributed by atoms with Crippen molar-refractivity contribution in [2.45, 2.75) is 12.3 Å². The van der Waals surface area contributed by atoms with E-state index in [4.69, 9.17) is 4.74 Å². The maximum atomic E-state index is 12.6. The number of methoxy groups -OCH3 is 1. The molecule has 0 spiro atoms. The van der Waals surface area contributed by atoms with E-state index in [1.165, 1.54) is 25.3 Å². The lowest BCUT2D eigenvalue weighted by atomic mass is 10.1. The number of ether oxygens (including phenoxy) is 2. The van der Waals surface area contributed by atoms with Gasteiger partial charge in [0, 0.05) is 6.54 Å². The predicted octanol–water partition coefficient (Wildman–Crippen LogP) is 1.80. The molecule has 21 heavy (non-hydrogen) atoms. The Morgan fingerprint density at radius 3 is 2.81 bits per heavy atom. The van der Waals surface area contributed by atoms with Crippen molar-refractivity contribution in [2.24, 2.45) is 0 Å². The van der Waals surface area contributed by atoms with Crippen molar-refractivity contribution in [3.63, 3.8) is 0 Å². The van der Waals surface area contributed by atoms with Gasteiger partial charge in [0.2, 0.25) is 0 Å². The summed E-state index contributed by atoms with van der Waals surface area (Å²) < 4.78 is 47.4. The van der Waals surface area contributed by atoms with E-state index in [9.17, 15) is 23.1 Å². The smallest absolute Gasteiger partial charge is 0.416 e. The third kappa shape index (κ3) is 3.21. The van der Waals surface area contributed by atoms with Gasteiger partial charge in [-0.2, -0.15) is 13.2 Å². The van der Waals surface area contributed by atoms with Crippen LogP contribution in [0.2, 0.25) is 0 Å². The number of nitrogens with zero attached hydrogens (tertiary/aromatic N) is 1. The van der Waals surface area contributed by atoms with E-state index in [2.05, 4.69) is 4.74 Å². The fourth-order valence-corrected chi connectivity index (χ4v) is 2.06. The number of aromatic hydroxyl groups is 1. The van der Waals surface area contributed by atoms with E-state index in [1.54, 1.807) is 0 Å². The van der Waals surface area contributed by atoms with Gasteiger partial charge in [-0.25, -0.2) is 0 Å². The number of morpholine rings is 1. The maximum Gasteiger partial charge on any atom is 0.416 e. The first-order chi connectivity index (χ1) is 9.84. The van der Waals surface area contributed by atoms with Gasteiger partial charge in [-0.3, -0.25) is 4.79 Å². The third-order valence-electron chi connectivity index (χ3n) is 3.17. The van der Waals surface area contributed by atoms with Gasteiger partial charge in [0.1, 0.15) is 0 Å². The van der Waals surface area contributed by atoms with E-state index in [1.807, 2.05) is 0 Å². The summed E-state index contributed by atoms with van der Waals surface area (Å²) in [6.07, 6.45) is -6.54. The average Bonchev–Trinajstić information content (AvgIpc) is 2.46. The third-order valence-corrected chi connectivity index (χ3v) is 3.17. The molecule has 1 aromatic carbocycles. The highest BCUT2D eigenvalue weighted by Crippen LogP contribution is 2.31. The fourth-order valence-electron chi connectivity index (χ4n) is 2.06. The molecule has 116 valence electrons. The number of phenols is 1. The van der Waals surface area contributed by atoms with Gasteiger partial charge in [0.15, 0.2) is 17.6 Å². The molecule has 0 bridgehead atoms. The largest absolute Gasteiger partial charge is 0.504 e. The van der Waals surface area contributed by atoms with Crippen molar-refractivity contribution in [3.05, 3.63) is 23.8 Å². The minimum Gasteiger partial charge on any atom is -0.504 e. The Kier molecular flexibility index (Phi) is 4.26. The molecule has 1 N–H and O–H groups in total. The predicted molar refractivity (Wildman–Crippen MR) is 66.4 cm³/mol. The van der Waals surface area contributed by atoms with Crippen LogP contribution in [0.4, 0.5) is 13.2 Å². The molecule has 0 saturated carbocycles. The highest BCUT2D eigenvalue weighted by atomic mass is 19.4. The monoisotopic (exact) mass is 305 g/mol. The second kappa shape index (κ2) is 5.80. The number of carbonyl (C=O) groups is 1. The molecule has 1 amide bonds. The van der Waals surface area contributed by atoms with Gasteiger partial charge in [-0.1, -0.05) is 6.07 Å². The van der Waals surface area contributed by atoms with Crippen molar-refractivity contribution >= 4 is 5.91 Å². The molecule has 1 aliphatic heterocycles. The maximum absolute atomic E-state index is 12.6. The zero-order valence-electron chi connectivity index (χ0n) is 11.2. The van der Waals surface area contributed by atoms with Crippen molar-refractivity contribution in [1.29, 1.82) is 0 Å². The average molecular weight is 305 g/mol. The number of alkyl halides is 3. The molecular formula is C13H14F3NO4. The number of hydrogen-bond donors (Lipinski definition) is 1. The SMILES string of the molecule is COc1cccc(C(=O)N2CCO[C@@H](C(F)(F)F)C2)c1O. The topological polar surface area (TPSA) is 59.0 Å². The van der Waals surface area contributed by atoms with Gasteiger partial charge >= 0.3 is 6.18 Å². The Morgan fingerprint density at radius 2 is 2.19 bits per heavy atom. The number of benzene rings is 1. The van der Waals surface area contributed by atoms with Crippen LogP contribution in [0.5, 0.6) is 11.5 Å². The van der Waals surface area contributed by atoms with E-state index >= 15 is 0 Å². The first kappa shape index (κ1) is 15.4. The highest BCUT2D eigenvalue weighted by molar-refractivity contribution is 5.97. The Bertz CT molecular complexity index is 533. The normalized spacial score (nSPS) is 19.4. The Morgan fingerprint density at radius 1 is 1.48 bits per heavy atom. The molecule has 1 heterocycles. The lowest BCUT2D eigenvalue weighted by molar-refractivity contribution is -0.233. The van der Waals surface area contributed by atoms with E-state index < -0.39 is 24.7 Å². The summed E-state index contributed by atoms with van der Waals surface area (Å²) in [5.74, 6) is -0.995. The molecule has 1 aromatic rings. The Hall–Kier alpha value is -1.96. The zero-order valence-corrected chi connectivity index (χ0v) is 11.2. The van der Waals surface area contributed by atoms with Crippen LogP contribution in [0.3, 0.4) is 0 Å². The van der Waals surface area contributed by atoms with Gasteiger partial charge in [0.05, 0.1) is 25.8 Å². The van der Waals surface area contributed by atoms with Crippen LogP contribution in [0.25, 0.3) is 0 Å². The molecule has 5 nitrogen and oxygen atoms in total. The molecular weight excluding hydrogens is 291 g/mol. The van der Waals surface area contributed by atoms with Gasteiger partial charge in [0.25, 0.3) is 5.91 Å². The number of halogens is 3. The van der Waals surface area contributed by atoms with Crippen LogP contribution < -0.4 is 4.74 Å². The Balaban J connectivity index is 2.20. The van der Waals surface area contributed by atoms with E-state index in [-0.39, 0.29) is 30.2 Å². The zero-order chi connectivity index (χ0) is 15.6. The molecule has 0 aromatic heterocycles. The van der Waals surface area contributed by atoms with Crippen molar-refractivity contribution in [3.8, 4) is 11.5 Å². The summed E-state index contributed by atoms with van der Waals surface area (Å²) in [4.78, 5) is 13.3. The summed E-state index contributed by atoms with van der Waals surface area (Å²) in [6, 6.07) is 4.26. The van der Waals surface area contributed by atoms with Crippen LogP contribution in [0.15, 0.2) is 18.2 Å². The van der Waals surface area contributed by atoms with Gasteiger partial charge in [-0.05, 0) is 12.1 Å². The number of hydrogen-bond acceptors (Lipinski definition) is 4. The summed E-state index contributed by atoms with van der Waals surface area (Å²) >= 11 is 0. The highest BCUT2D eigenvalue weighted by Gasteiger charge is 2.44. The van der Waals surface area contributed by atoms with Crippen LogP contribution in [-0.4, -0.2) is 55.0 Å². The molecule has 0 radical (unpaired) electrons.